The van der Waals surface area contributed by atoms with E-state index in [0.717, 1.165) is 0 Å². The molecule has 12 heteroatoms. The standard InChI is InChI=1S/C34H47FN2O9/c1-10-12-19-43-28-25(30(40)44-22-16-14-13-15-17-22)21(3)26(35)23(20-24(29(38)39)36-18-11-2)27(28)37(31(41)45-33(4,5)6)32(42)46-34(7,8)9/h13-17,24,36H,10-12,18-20H2,1-9H3,(H,38,39). The maximum Gasteiger partial charge on any atom is 0.424 e. The van der Waals surface area contributed by atoms with Crippen LogP contribution in [0.2, 0.25) is 0 Å². The lowest BCUT2D eigenvalue weighted by Crippen LogP contribution is -2.45. The van der Waals surface area contributed by atoms with Gasteiger partial charge in [-0.15, -0.1) is 0 Å². The predicted molar refractivity (Wildman–Crippen MR) is 171 cm³/mol. The van der Waals surface area contributed by atoms with Crippen molar-refractivity contribution >= 4 is 29.8 Å². The normalized spacial score (nSPS) is 12.2. The molecule has 254 valence electrons. The molecule has 0 aliphatic carbocycles. The second-order valence-corrected chi connectivity index (χ2v) is 12.7. The van der Waals surface area contributed by atoms with Gasteiger partial charge in [0.05, 0.1) is 6.61 Å². The molecule has 1 unspecified atom stereocenters. The number of hydrogen-bond acceptors (Lipinski definition) is 9. The molecule has 0 aliphatic rings. The lowest BCUT2D eigenvalue weighted by Gasteiger charge is -2.32. The number of esters is 1. The second kappa shape index (κ2) is 16.4. The number of aliphatic carboxylic acids is 1. The van der Waals surface area contributed by atoms with Gasteiger partial charge in [-0.3, -0.25) is 4.79 Å². The fourth-order valence-electron chi connectivity index (χ4n) is 4.28. The Morgan fingerprint density at radius 2 is 1.50 bits per heavy atom. The number of rotatable bonds is 13. The molecule has 0 fully saturated rings. The summed E-state index contributed by atoms with van der Waals surface area (Å²) in [5.41, 5.74) is -3.72. The number of imide groups is 1. The van der Waals surface area contributed by atoms with E-state index in [9.17, 15) is 24.3 Å². The van der Waals surface area contributed by atoms with Crippen LogP contribution >= 0.6 is 0 Å². The number of benzene rings is 2. The first-order valence-corrected chi connectivity index (χ1v) is 15.4. The van der Waals surface area contributed by atoms with Gasteiger partial charge >= 0.3 is 24.1 Å². The van der Waals surface area contributed by atoms with Crippen LogP contribution in [-0.4, -0.2) is 59.6 Å². The minimum Gasteiger partial charge on any atom is -0.490 e. The first-order chi connectivity index (χ1) is 21.4. The van der Waals surface area contributed by atoms with Gasteiger partial charge in [-0.25, -0.2) is 18.8 Å². The number of hydrogen-bond donors (Lipinski definition) is 2. The first-order valence-electron chi connectivity index (χ1n) is 15.4. The topological polar surface area (TPSA) is 141 Å². The zero-order valence-corrected chi connectivity index (χ0v) is 28.2. The first kappa shape index (κ1) is 38.0. The number of halogens is 1. The Morgan fingerprint density at radius 3 is 1.98 bits per heavy atom. The molecular formula is C34H47FN2O9. The third kappa shape index (κ3) is 10.7. The highest BCUT2D eigenvalue weighted by Gasteiger charge is 2.41. The summed E-state index contributed by atoms with van der Waals surface area (Å²) in [6.07, 6.45) is -1.28. The van der Waals surface area contributed by atoms with E-state index in [1.165, 1.54) is 19.1 Å². The van der Waals surface area contributed by atoms with Crippen molar-refractivity contribution in [3.8, 4) is 11.5 Å². The number of carbonyl (C=O) groups excluding carboxylic acids is 3. The number of ether oxygens (including phenoxy) is 4. The van der Waals surface area contributed by atoms with Crippen LogP contribution in [-0.2, 0) is 20.7 Å². The molecular weight excluding hydrogens is 599 g/mol. The van der Waals surface area contributed by atoms with Crippen LogP contribution in [0.4, 0.5) is 19.7 Å². The Hall–Kier alpha value is -4.19. The minimum absolute atomic E-state index is 0.00650. The van der Waals surface area contributed by atoms with Gasteiger partial charge in [-0.2, -0.15) is 4.90 Å². The van der Waals surface area contributed by atoms with Gasteiger partial charge in [0.15, 0.2) is 5.75 Å². The lowest BCUT2D eigenvalue weighted by atomic mass is 9.94. The van der Waals surface area contributed by atoms with Crippen molar-refractivity contribution in [2.24, 2.45) is 0 Å². The van der Waals surface area contributed by atoms with Crippen molar-refractivity contribution in [3.63, 3.8) is 0 Å². The van der Waals surface area contributed by atoms with Gasteiger partial charge in [-0.05, 0) is 80.0 Å². The van der Waals surface area contributed by atoms with E-state index in [-0.39, 0.29) is 41.3 Å². The lowest BCUT2D eigenvalue weighted by molar-refractivity contribution is -0.139. The molecule has 0 spiro atoms. The zero-order valence-electron chi connectivity index (χ0n) is 28.2. The molecule has 1 atom stereocenters. The van der Waals surface area contributed by atoms with E-state index in [2.05, 4.69) is 5.32 Å². The molecule has 0 saturated carbocycles. The number of nitrogens with zero attached hydrogens (tertiary/aromatic N) is 1. The summed E-state index contributed by atoms with van der Waals surface area (Å²) < 4.78 is 39.5. The van der Waals surface area contributed by atoms with Crippen LogP contribution in [0.1, 0.15) is 96.1 Å². The Balaban J connectivity index is 3.07. The molecule has 0 aromatic heterocycles. The van der Waals surface area contributed by atoms with E-state index < -0.39 is 59.3 Å². The number of carbonyl (C=O) groups is 4. The third-order valence-corrected chi connectivity index (χ3v) is 6.32. The molecule has 0 aliphatic heterocycles. The van der Waals surface area contributed by atoms with Gasteiger partial charge in [0.2, 0.25) is 0 Å². The molecule has 46 heavy (non-hydrogen) atoms. The summed E-state index contributed by atoms with van der Waals surface area (Å²) in [6, 6.07) is 6.73. The zero-order chi connectivity index (χ0) is 34.8. The second-order valence-electron chi connectivity index (χ2n) is 12.7. The number of amides is 2. The third-order valence-electron chi connectivity index (χ3n) is 6.32. The molecule has 2 aromatic rings. The number of carboxylic acids is 1. The molecule has 2 N–H and O–H groups in total. The molecule has 11 nitrogen and oxygen atoms in total. The summed E-state index contributed by atoms with van der Waals surface area (Å²) in [6.45, 7) is 14.8. The summed E-state index contributed by atoms with van der Waals surface area (Å²) in [7, 11) is 0. The highest BCUT2D eigenvalue weighted by Crippen LogP contribution is 2.43. The number of anilines is 1. The van der Waals surface area contributed by atoms with Crippen molar-refractivity contribution in [1.29, 1.82) is 0 Å². The smallest absolute Gasteiger partial charge is 0.424 e. The van der Waals surface area contributed by atoms with Crippen LogP contribution in [0.25, 0.3) is 0 Å². The predicted octanol–water partition coefficient (Wildman–Crippen LogP) is 7.20. The van der Waals surface area contributed by atoms with Gasteiger partial charge in [-0.1, -0.05) is 38.5 Å². The summed E-state index contributed by atoms with van der Waals surface area (Å²) in [4.78, 5) is 54.3. The van der Waals surface area contributed by atoms with Crippen molar-refractivity contribution in [2.45, 2.75) is 105 Å². The van der Waals surface area contributed by atoms with Crippen LogP contribution < -0.4 is 19.7 Å². The average molecular weight is 647 g/mol. The van der Waals surface area contributed by atoms with Crippen LogP contribution in [0, 0.1) is 12.7 Å². The van der Waals surface area contributed by atoms with E-state index in [1.54, 1.807) is 59.7 Å². The summed E-state index contributed by atoms with van der Waals surface area (Å²) in [5.74, 6) is -3.53. The monoisotopic (exact) mass is 646 g/mol. The van der Waals surface area contributed by atoms with Gasteiger partial charge in [0.1, 0.15) is 40.1 Å². The Morgan fingerprint density at radius 1 is 0.935 bits per heavy atom. The highest BCUT2D eigenvalue weighted by molar-refractivity contribution is 6.13. The number of nitrogens with one attached hydrogen (secondary N) is 1. The molecule has 0 bridgehead atoms. The minimum atomic E-state index is -1.34. The largest absolute Gasteiger partial charge is 0.490 e. The Kier molecular flexibility index (Phi) is 13.5. The number of carboxylic acid groups (broad SMARTS) is 1. The quantitative estimate of drug-likeness (QED) is 0.130. The fraction of sp³-hybridized carbons (Fsp3) is 0.529. The fourth-order valence-corrected chi connectivity index (χ4v) is 4.28. The SMILES string of the molecule is CCCCOc1c(C(=O)Oc2ccccc2)c(C)c(F)c(CC(NCCC)C(=O)O)c1N(C(=O)OC(C)(C)C)C(=O)OC(C)(C)C. The Labute approximate surface area is 270 Å². The van der Waals surface area contributed by atoms with Gasteiger partial charge in [0.25, 0.3) is 0 Å². The van der Waals surface area contributed by atoms with E-state index in [1.807, 2.05) is 13.8 Å². The summed E-state index contributed by atoms with van der Waals surface area (Å²) in [5, 5.41) is 12.9. The molecule has 0 heterocycles. The van der Waals surface area contributed by atoms with Gasteiger partial charge < -0.3 is 29.4 Å². The van der Waals surface area contributed by atoms with Crippen LogP contribution in [0.3, 0.4) is 0 Å². The molecule has 0 saturated heterocycles. The van der Waals surface area contributed by atoms with Crippen molar-refractivity contribution in [1.82, 2.24) is 5.32 Å². The maximum atomic E-state index is 16.7. The molecule has 0 radical (unpaired) electrons. The molecule has 2 rings (SSSR count). The average Bonchev–Trinajstić information content (AvgIpc) is 2.93. The van der Waals surface area contributed by atoms with Gasteiger partial charge in [0, 0.05) is 17.5 Å². The van der Waals surface area contributed by atoms with Crippen LogP contribution in [0.15, 0.2) is 30.3 Å². The number of unbranched alkanes of at least 4 members (excludes halogenated alkanes) is 1. The maximum absolute atomic E-state index is 16.7. The number of para-hydroxylation sites is 1. The van der Waals surface area contributed by atoms with Crippen molar-refractivity contribution in [3.05, 3.63) is 52.8 Å². The van der Waals surface area contributed by atoms with E-state index in [0.29, 0.717) is 24.2 Å². The van der Waals surface area contributed by atoms with E-state index >= 15 is 4.39 Å². The molecule has 2 aromatic carbocycles. The van der Waals surface area contributed by atoms with Crippen LogP contribution in [0.5, 0.6) is 11.5 Å². The van der Waals surface area contributed by atoms with E-state index in [4.69, 9.17) is 18.9 Å². The molecule has 2 amide bonds. The Bertz CT molecular complexity index is 1350. The van der Waals surface area contributed by atoms with Crippen molar-refractivity contribution < 1.29 is 47.6 Å². The van der Waals surface area contributed by atoms with Crippen molar-refractivity contribution in [2.75, 3.05) is 18.1 Å². The summed E-state index contributed by atoms with van der Waals surface area (Å²) >= 11 is 0. The highest BCUT2D eigenvalue weighted by atomic mass is 19.1.